The van der Waals surface area contributed by atoms with E-state index >= 15 is 0 Å². The van der Waals surface area contributed by atoms with Crippen molar-refractivity contribution < 1.29 is 9.32 Å². The molecule has 0 saturated carbocycles. The Balaban J connectivity index is 1.72. The predicted octanol–water partition coefficient (Wildman–Crippen LogP) is 3.38. The molecule has 5 heteroatoms. The van der Waals surface area contributed by atoms with Crippen molar-refractivity contribution in [2.45, 2.75) is 33.6 Å². The van der Waals surface area contributed by atoms with Crippen molar-refractivity contribution >= 4 is 11.6 Å². The summed E-state index contributed by atoms with van der Waals surface area (Å²) in [5.41, 5.74) is 3.86. The molecule has 2 heterocycles. The molecule has 2 aromatic rings. The number of aryl methyl sites for hydroxylation is 2. The van der Waals surface area contributed by atoms with E-state index in [1.807, 2.05) is 25.7 Å². The zero-order valence-corrected chi connectivity index (χ0v) is 14.9. The average molecular weight is 327 g/mol. The lowest BCUT2D eigenvalue weighted by Gasteiger charge is -2.36. The van der Waals surface area contributed by atoms with Gasteiger partial charge in [-0.2, -0.15) is 0 Å². The fraction of sp³-hybridized carbons (Fsp3) is 0.474. The second kappa shape index (κ2) is 6.67. The molecule has 1 fully saturated rings. The Bertz CT molecular complexity index is 728. The molecule has 0 aliphatic carbocycles. The van der Waals surface area contributed by atoms with Gasteiger partial charge in [0, 0.05) is 37.8 Å². The molecule has 0 atom stereocenters. The molecule has 24 heavy (non-hydrogen) atoms. The predicted molar refractivity (Wildman–Crippen MR) is 94.6 cm³/mol. The third-order valence-corrected chi connectivity index (χ3v) is 4.65. The number of rotatable bonds is 3. The lowest BCUT2D eigenvalue weighted by atomic mass is 10.0. The highest BCUT2D eigenvalue weighted by Crippen LogP contribution is 2.25. The lowest BCUT2D eigenvalue weighted by molar-refractivity contribution is 0.0743. The first-order valence-corrected chi connectivity index (χ1v) is 8.55. The Morgan fingerprint density at radius 1 is 1.12 bits per heavy atom. The lowest BCUT2D eigenvalue weighted by Crippen LogP contribution is -2.49. The first-order valence-electron chi connectivity index (χ1n) is 8.55. The van der Waals surface area contributed by atoms with Gasteiger partial charge in [0.05, 0.1) is 5.69 Å². The normalized spacial score (nSPS) is 15.2. The van der Waals surface area contributed by atoms with E-state index in [1.54, 1.807) is 0 Å². The van der Waals surface area contributed by atoms with Crippen LogP contribution in [0.5, 0.6) is 0 Å². The maximum absolute atomic E-state index is 12.9. The average Bonchev–Trinajstić information content (AvgIpc) is 2.97. The number of aromatic nitrogens is 1. The summed E-state index contributed by atoms with van der Waals surface area (Å²) in [6.45, 7) is 11.1. The van der Waals surface area contributed by atoms with Crippen LogP contribution in [0.1, 0.15) is 47.1 Å². The van der Waals surface area contributed by atoms with Crippen LogP contribution in [-0.2, 0) is 0 Å². The van der Waals surface area contributed by atoms with Crippen LogP contribution in [0.3, 0.4) is 0 Å². The second-order valence-corrected chi connectivity index (χ2v) is 6.73. The summed E-state index contributed by atoms with van der Waals surface area (Å²) in [5, 5.41) is 3.99. The van der Waals surface area contributed by atoms with Crippen LogP contribution >= 0.6 is 0 Å². The van der Waals surface area contributed by atoms with Crippen LogP contribution in [0.4, 0.5) is 5.69 Å². The highest BCUT2D eigenvalue weighted by molar-refractivity contribution is 5.96. The summed E-state index contributed by atoms with van der Waals surface area (Å²) in [6, 6.07) is 8.39. The molecule has 3 rings (SSSR count). The smallest absolute Gasteiger partial charge is 0.259 e. The Hall–Kier alpha value is -2.30. The van der Waals surface area contributed by atoms with Gasteiger partial charge in [-0.1, -0.05) is 37.2 Å². The first-order chi connectivity index (χ1) is 11.5. The number of anilines is 1. The molecule has 1 saturated heterocycles. The molecule has 0 spiro atoms. The van der Waals surface area contributed by atoms with Crippen molar-refractivity contribution in [3.05, 3.63) is 46.8 Å². The minimum absolute atomic E-state index is 0.0434. The number of piperazine rings is 1. The van der Waals surface area contributed by atoms with E-state index in [9.17, 15) is 4.79 Å². The third-order valence-electron chi connectivity index (χ3n) is 4.65. The van der Waals surface area contributed by atoms with E-state index in [2.05, 4.69) is 41.2 Å². The van der Waals surface area contributed by atoms with Gasteiger partial charge in [0.2, 0.25) is 0 Å². The number of benzene rings is 1. The van der Waals surface area contributed by atoms with Crippen molar-refractivity contribution in [1.29, 1.82) is 0 Å². The molecule has 0 radical (unpaired) electrons. The second-order valence-electron chi connectivity index (χ2n) is 6.73. The molecule has 1 amide bonds. The summed E-state index contributed by atoms with van der Waals surface area (Å²) in [6.07, 6.45) is 0. The largest absolute Gasteiger partial charge is 0.368 e. The fourth-order valence-electron chi connectivity index (χ4n) is 3.27. The quantitative estimate of drug-likeness (QED) is 0.867. The van der Waals surface area contributed by atoms with Gasteiger partial charge in [0.15, 0.2) is 5.76 Å². The van der Waals surface area contributed by atoms with Gasteiger partial charge in [0.25, 0.3) is 5.91 Å². The van der Waals surface area contributed by atoms with Crippen molar-refractivity contribution in [3.8, 4) is 0 Å². The van der Waals surface area contributed by atoms with Crippen molar-refractivity contribution in [1.82, 2.24) is 10.1 Å². The van der Waals surface area contributed by atoms with E-state index in [4.69, 9.17) is 4.52 Å². The molecule has 5 nitrogen and oxygen atoms in total. The molecule has 128 valence electrons. The van der Waals surface area contributed by atoms with Gasteiger partial charge in [-0.25, -0.2) is 0 Å². The van der Waals surface area contributed by atoms with Gasteiger partial charge in [-0.15, -0.1) is 0 Å². The SMILES string of the molecule is Cc1ccccc1N1CCN(C(=O)c2c(C)noc2C(C)C)CC1. The topological polar surface area (TPSA) is 49.6 Å². The van der Waals surface area contributed by atoms with Gasteiger partial charge >= 0.3 is 0 Å². The number of carbonyl (C=O) groups excluding carboxylic acids is 1. The molecule has 1 aromatic heterocycles. The maximum atomic E-state index is 12.9. The van der Waals surface area contributed by atoms with Crippen LogP contribution < -0.4 is 4.90 Å². The Morgan fingerprint density at radius 2 is 1.79 bits per heavy atom. The standard InChI is InChI=1S/C19H25N3O2/c1-13(2)18-17(15(4)20-24-18)19(23)22-11-9-21(10-12-22)16-8-6-5-7-14(16)3/h5-8,13H,9-12H2,1-4H3. The van der Waals surface area contributed by atoms with E-state index in [0.29, 0.717) is 17.0 Å². The molecule has 1 aliphatic rings. The summed E-state index contributed by atoms with van der Waals surface area (Å²) in [7, 11) is 0. The summed E-state index contributed by atoms with van der Waals surface area (Å²) >= 11 is 0. The number of amides is 1. The number of hydrogen-bond acceptors (Lipinski definition) is 4. The van der Waals surface area contributed by atoms with Crippen LogP contribution in [-0.4, -0.2) is 42.1 Å². The molecule has 0 unspecified atom stereocenters. The molecular weight excluding hydrogens is 302 g/mol. The van der Waals surface area contributed by atoms with E-state index in [-0.39, 0.29) is 11.8 Å². The Morgan fingerprint density at radius 3 is 2.42 bits per heavy atom. The molecular formula is C19H25N3O2. The molecule has 1 aromatic carbocycles. The number of para-hydroxylation sites is 1. The van der Waals surface area contributed by atoms with Crippen LogP contribution in [0.15, 0.2) is 28.8 Å². The van der Waals surface area contributed by atoms with Crippen molar-refractivity contribution in [3.63, 3.8) is 0 Å². The van der Waals surface area contributed by atoms with Crippen molar-refractivity contribution in [2.24, 2.45) is 0 Å². The van der Waals surface area contributed by atoms with Crippen LogP contribution in [0, 0.1) is 13.8 Å². The van der Waals surface area contributed by atoms with Crippen molar-refractivity contribution in [2.75, 3.05) is 31.1 Å². The summed E-state index contributed by atoms with van der Waals surface area (Å²) < 4.78 is 5.37. The third kappa shape index (κ3) is 3.03. The maximum Gasteiger partial charge on any atom is 0.259 e. The van der Waals surface area contributed by atoms with Gasteiger partial charge in [0.1, 0.15) is 5.56 Å². The fourth-order valence-corrected chi connectivity index (χ4v) is 3.27. The zero-order chi connectivity index (χ0) is 17.3. The van der Waals surface area contributed by atoms with Gasteiger partial charge < -0.3 is 14.3 Å². The highest BCUT2D eigenvalue weighted by atomic mass is 16.5. The highest BCUT2D eigenvalue weighted by Gasteiger charge is 2.29. The number of hydrogen-bond donors (Lipinski definition) is 0. The first kappa shape index (κ1) is 16.6. The van der Waals surface area contributed by atoms with E-state index in [1.165, 1.54) is 11.3 Å². The van der Waals surface area contributed by atoms with Gasteiger partial charge in [-0.3, -0.25) is 4.79 Å². The molecule has 0 bridgehead atoms. The summed E-state index contributed by atoms with van der Waals surface area (Å²) in [4.78, 5) is 17.2. The molecule has 0 N–H and O–H groups in total. The zero-order valence-electron chi connectivity index (χ0n) is 14.9. The Kier molecular flexibility index (Phi) is 4.60. The van der Waals surface area contributed by atoms with Gasteiger partial charge in [-0.05, 0) is 25.5 Å². The monoisotopic (exact) mass is 327 g/mol. The van der Waals surface area contributed by atoms with Crippen LogP contribution in [0.2, 0.25) is 0 Å². The minimum Gasteiger partial charge on any atom is -0.368 e. The minimum atomic E-state index is 0.0434. The van der Waals surface area contributed by atoms with Crippen LogP contribution in [0.25, 0.3) is 0 Å². The summed E-state index contributed by atoms with van der Waals surface area (Å²) in [5.74, 6) is 0.888. The Labute approximate surface area is 143 Å². The van der Waals surface area contributed by atoms with E-state index < -0.39 is 0 Å². The molecule has 1 aliphatic heterocycles. The number of carbonyl (C=O) groups is 1. The van der Waals surface area contributed by atoms with E-state index in [0.717, 1.165) is 26.2 Å². The number of nitrogens with zero attached hydrogens (tertiary/aromatic N) is 3.